The van der Waals surface area contributed by atoms with Gasteiger partial charge in [0.1, 0.15) is 0 Å². The van der Waals surface area contributed by atoms with E-state index in [4.69, 9.17) is 0 Å². The Labute approximate surface area is 95.7 Å². The zero-order chi connectivity index (χ0) is 11.7. The van der Waals surface area contributed by atoms with E-state index >= 15 is 0 Å². The summed E-state index contributed by atoms with van der Waals surface area (Å²) in [4.78, 5) is 25.4. The Kier molecular flexibility index (Phi) is 3.10. The molecule has 2 aliphatic rings. The fourth-order valence-corrected chi connectivity index (χ4v) is 2.33. The smallest absolute Gasteiger partial charge is 0.257 e. The van der Waals surface area contributed by atoms with E-state index in [1.165, 1.54) is 4.90 Å². The first-order valence-electron chi connectivity index (χ1n) is 5.89. The van der Waals surface area contributed by atoms with Crippen LogP contribution in [-0.2, 0) is 9.59 Å². The van der Waals surface area contributed by atoms with Crippen molar-refractivity contribution < 1.29 is 9.59 Å². The lowest BCUT2D eigenvalue weighted by molar-refractivity contribution is -0.140. The molecule has 0 aromatic heterocycles. The molecule has 16 heavy (non-hydrogen) atoms. The number of imide groups is 1. The summed E-state index contributed by atoms with van der Waals surface area (Å²) in [6.07, 6.45) is 3.12. The highest BCUT2D eigenvalue weighted by atomic mass is 16.2. The summed E-state index contributed by atoms with van der Waals surface area (Å²) in [5, 5.41) is 3.28. The van der Waals surface area contributed by atoms with Gasteiger partial charge in [0.2, 0.25) is 0 Å². The van der Waals surface area contributed by atoms with Crippen LogP contribution in [0.2, 0.25) is 0 Å². The van der Waals surface area contributed by atoms with Crippen LogP contribution in [0.25, 0.3) is 0 Å². The fraction of sp³-hybridized carbons (Fsp3) is 0.667. The molecular weight excluding hydrogens is 204 g/mol. The molecule has 0 aromatic rings. The molecular formula is C12H18N2O2. The van der Waals surface area contributed by atoms with Gasteiger partial charge in [-0.2, -0.15) is 0 Å². The average Bonchev–Trinajstić information content (AvgIpc) is 2.54. The molecule has 1 N–H and O–H groups in total. The summed E-state index contributed by atoms with van der Waals surface area (Å²) in [5.41, 5.74) is 1.21. The Morgan fingerprint density at radius 1 is 1.12 bits per heavy atom. The van der Waals surface area contributed by atoms with Crippen molar-refractivity contribution in [1.29, 1.82) is 0 Å². The minimum Gasteiger partial charge on any atom is -0.315 e. The van der Waals surface area contributed by atoms with Gasteiger partial charge in [-0.3, -0.25) is 14.5 Å². The van der Waals surface area contributed by atoms with Crippen molar-refractivity contribution in [2.75, 3.05) is 13.1 Å². The Bertz CT molecular complexity index is 328. The largest absolute Gasteiger partial charge is 0.315 e. The molecule has 0 aliphatic carbocycles. The fourth-order valence-electron chi connectivity index (χ4n) is 2.33. The van der Waals surface area contributed by atoms with E-state index in [0.717, 1.165) is 32.4 Å². The lowest BCUT2D eigenvalue weighted by atomic mass is 10.1. The molecule has 0 spiro atoms. The summed E-state index contributed by atoms with van der Waals surface area (Å²) in [7, 11) is 0. The molecule has 0 saturated carbocycles. The molecule has 1 saturated heterocycles. The summed E-state index contributed by atoms with van der Waals surface area (Å²) < 4.78 is 0. The molecule has 2 amide bonds. The van der Waals surface area contributed by atoms with Crippen LogP contribution in [0, 0.1) is 0 Å². The Hall–Kier alpha value is -1.16. The number of hydrogen-bond donors (Lipinski definition) is 1. The van der Waals surface area contributed by atoms with Crippen LogP contribution >= 0.6 is 0 Å². The third-order valence-corrected chi connectivity index (χ3v) is 3.53. The van der Waals surface area contributed by atoms with Crippen LogP contribution in [0.3, 0.4) is 0 Å². The van der Waals surface area contributed by atoms with E-state index in [1.54, 1.807) is 13.8 Å². The zero-order valence-electron chi connectivity index (χ0n) is 9.88. The second-order valence-corrected chi connectivity index (χ2v) is 4.58. The predicted octanol–water partition coefficient (Wildman–Crippen LogP) is 0.834. The third-order valence-electron chi connectivity index (χ3n) is 3.53. The normalized spacial score (nSPS) is 27.6. The molecule has 0 aromatic carbocycles. The van der Waals surface area contributed by atoms with Gasteiger partial charge in [-0.25, -0.2) is 0 Å². The topological polar surface area (TPSA) is 49.4 Å². The molecule has 4 heteroatoms. The minimum absolute atomic E-state index is 0.0369. The highest BCUT2D eigenvalue weighted by Gasteiger charge is 2.38. The molecule has 0 bridgehead atoms. The number of carbonyl (C=O) groups is 2. The number of nitrogens with one attached hydrogen (secondary N) is 1. The molecule has 1 atom stereocenters. The first kappa shape index (κ1) is 11.3. The van der Waals surface area contributed by atoms with E-state index in [-0.39, 0.29) is 17.9 Å². The maximum absolute atomic E-state index is 12.0. The summed E-state index contributed by atoms with van der Waals surface area (Å²) >= 11 is 0. The van der Waals surface area contributed by atoms with Crippen molar-refractivity contribution in [3.05, 3.63) is 11.1 Å². The summed E-state index contributed by atoms with van der Waals surface area (Å²) in [5.74, 6) is -0.201. The van der Waals surface area contributed by atoms with E-state index in [2.05, 4.69) is 5.32 Å². The Morgan fingerprint density at radius 2 is 1.75 bits per heavy atom. The van der Waals surface area contributed by atoms with Crippen molar-refractivity contribution in [3.63, 3.8) is 0 Å². The molecule has 2 rings (SSSR count). The summed E-state index contributed by atoms with van der Waals surface area (Å²) in [6, 6.07) is 0.0369. The first-order chi connectivity index (χ1) is 7.63. The second kappa shape index (κ2) is 4.37. The minimum atomic E-state index is -0.101. The predicted molar refractivity (Wildman–Crippen MR) is 60.7 cm³/mol. The van der Waals surface area contributed by atoms with Crippen LogP contribution in [0.1, 0.15) is 33.1 Å². The first-order valence-corrected chi connectivity index (χ1v) is 5.89. The van der Waals surface area contributed by atoms with E-state index in [0.29, 0.717) is 11.1 Å². The number of hydrogen-bond acceptors (Lipinski definition) is 3. The van der Waals surface area contributed by atoms with Crippen molar-refractivity contribution in [1.82, 2.24) is 10.2 Å². The van der Waals surface area contributed by atoms with Gasteiger partial charge in [-0.05, 0) is 33.2 Å². The quantitative estimate of drug-likeness (QED) is 0.669. The lowest BCUT2D eigenvalue weighted by Gasteiger charge is -2.25. The highest BCUT2D eigenvalue weighted by molar-refractivity contribution is 6.19. The Morgan fingerprint density at radius 3 is 2.38 bits per heavy atom. The third kappa shape index (κ3) is 1.78. The van der Waals surface area contributed by atoms with Gasteiger partial charge in [-0.15, -0.1) is 0 Å². The summed E-state index contributed by atoms with van der Waals surface area (Å²) in [6.45, 7) is 5.19. The van der Waals surface area contributed by atoms with Crippen molar-refractivity contribution in [3.8, 4) is 0 Å². The molecule has 1 unspecified atom stereocenters. The number of nitrogens with zero attached hydrogens (tertiary/aromatic N) is 1. The maximum atomic E-state index is 12.0. The SMILES string of the molecule is CC1=C(C)C(=O)N(C2CCCCNC2)C1=O. The lowest BCUT2D eigenvalue weighted by Crippen LogP contribution is -2.45. The van der Waals surface area contributed by atoms with Gasteiger partial charge in [-0.1, -0.05) is 6.42 Å². The number of rotatable bonds is 1. The van der Waals surface area contributed by atoms with Crippen LogP contribution < -0.4 is 5.32 Å². The van der Waals surface area contributed by atoms with E-state index < -0.39 is 0 Å². The van der Waals surface area contributed by atoms with Crippen molar-refractivity contribution in [2.24, 2.45) is 0 Å². The van der Waals surface area contributed by atoms with Crippen molar-refractivity contribution >= 4 is 11.8 Å². The molecule has 0 radical (unpaired) electrons. The number of amides is 2. The molecule has 2 aliphatic heterocycles. The molecule has 1 fully saturated rings. The van der Waals surface area contributed by atoms with Gasteiger partial charge in [0, 0.05) is 17.7 Å². The van der Waals surface area contributed by atoms with Gasteiger partial charge < -0.3 is 5.32 Å². The van der Waals surface area contributed by atoms with Gasteiger partial charge >= 0.3 is 0 Å². The van der Waals surface area contributed by atoms with Crippen LogP contribution in [-0.4, -0.2) is 35.8 Å². The van der Waals surface area contributed by atoms with Gasteiger partial charge in [0.15, 0.2) is 0 Å². The van der Waals surface area contributed by atoms with Gasteiger partial charge in [0.25, 0.3) is 11.8 Å². The van der Waals surface area contributed by atoms with Crippen LogP contribution in [0.5, 0.6) is 0 Å². The van der Waals surface area contributed by atoms with E-state index in [9.17, 15) is 9.59 Å². The molecule has 2 heterocycles. The molecule has 4 nitrogen and oxygen atoms in total. The monoisotopic (exact) mass is 222 g/mol. The zero-order valence-corrected chi connectivity index (χ0v) is 9.88. The standard InChI is InChI=1S/C12H18N2O2/c1-8-9(2)12(16)14(11(8)15)10-5-3-4-6-13-7-10/h10,13H,3-7H2,1-2H3. The maximum Gasteiger partial charge on any atom is 0.257 e. The highest BCUT2D eigenvalue weighted by Crippen LogP contribution is 2.24. The van der Waals surface area contributed by atoms with Crippen LogP contribution in [0.4, 0.5) is 0 Å². The van der Waals surface area contributed by atoms with E-state index in [1.807, 2.05) is 0 Å². The van der Waals surface area contributed by atoms with Gasteiger partial charge in [0.05, 0.1) is 6.04 Å². The average molecular weight is 222 g/mol. The van der Waals surface area contributed by atoms with Crippen molar-refractivity contribution in [2.45, 2.75) is 39.2 Å². The Balaban J connectivity index is 2.16. The molecule has 88 valence electrons. The second-order valence-electron chi connectivity index (χ2n) is 4.58. The van der Waals surface area contributed by atoms with Crippen LogP contribution in [0.15, 0.2) is 11.1 Å². The number of carbonyl (C=O) groups excluding carboxylic acids is 2.